The Morgan fingerprint density at radius 3 is 1.42 bits per heavy atom. The summed E-state index contributed by atoms with van der Waals surface area (Å²) in [6, 6.07) is 14.7. The van der Waals surface area contributed by atoms with E-state index < -0.39 is 9.84 Å². The number of carbonyl (C=O) groups is 2. The molecule has 0 aliphatic rings. The van der Waals surface area contributed by atoms with Crippen LogP contribution < -0.4 is 42.1 Å². The zero-order valence-electron chi connectivity index (χ0n) is 38.6. The van der Waals surface area contributed by atoms with Crippen LogP contribution in [0.5, 0.6) is 0 Å². The van der Waals surface area contributed by atoms with Crippen molar-refractivity contribution >= 4 is 62.2 Å². The minimum atomic E-state index is -3.74. The molecule has 0 bridgehead atoms. The van der Waals surface area contributed by atoms with Crippen LogP contribution in [0.15, 0.2) is 41.6 Å². The Labute approximate surface area is 366 Å². The van der Waals surface area contributed by atoms with Crippen molar-refractivity contribution in [1.82, 2.24) is 30.6 Å². The molecule has 0 saturated carbocycles. The molecule has 334 valence electrons. The Kier molecular flexibility index (Phi) is 18.1. The van der Waals surface area contributed by atoms with Gasteiger partial charge in [-0.05, 0) is 67.1 Å². The molecule has 2 aromatic carbocycles. The lowest BCUT2D eigenvalue weighted by Gasteiger charge is -2.28. The van der Waals surface area contributed by atoms with Crippen molar-refractivity contribution in [3.05, 3.63) is 69.8 Å². The SMILES string of the molecule is CN.CNC(=O)c1ccc(C)c(Nc2nc(NC)nc(N(C)CC(C)(C)C)c2C#N)c1.CNC(=O)c1ccc(C)c(Nc2nc(S(C)(=O)=O)nc(N(C)CC(C)(C)C)c2C#N)c1. The fourth-order valence-corrected chi connectivity index (χ4v) is 6.52. The third-order valence-corrected chi connectivity index (χ3v) is 9.49. The molecule has 2 amide bonds. The number of aryl methyl sites for hydroxylation is 2. The van der Waals surface area contributed by atoms with Gasteiger partial charge < -0.3 is 42.1 Å². The van der Waals surface area contributed by atoms with Crippen LogP contribution in [0, 0.1) is 47.3 Å². The molecule has 0 aliphatic carbocycles. The molecule has 0 unspecified atom stereocenters. The van der Waals surface area contributed by atoms with E-state index in [1.807, 2.05) is 52.6 Å². The van der Waals surface area contributed by atoms with Gasteiger partial charge in [-0.2, -0.15) is 30.5 Å². The zero-order valence-corrected chi connectivity index (χ0v) is 39.4. The molecule has 4 rings (SSSR count). The summed E-state index contributed by atoms with van der Waals surface area (Å²) in [5.74, 6) is 1.17. The van der Waals surface area contributed by atoms with Gasteiger partial charge in [0.15, 0.2) is 23.3 Å². The maximum atomic E-state index is 12.2. The Morgan fingerprint density at radius 2 is 1.08 bits per heavy atom. The van der Waals surface area contributed by atoms with Crippen molar-refractivity contribution in [2.75, 3.05) is 87.4 Å². The Hall–Kier alpha value is -6.57. The molecule has 62 heavy (non-hydrogen) atoms. The van der Waals surface area contributed by atoms with E-state index in [0.717, 1.165) is 17.4 Å². The lowest BCUT2D eigenvalue weighted by Crippen LogP contribution is -2.31. The zero-order chi connectivity index (χ0) is 47.3. The van der Waals surface area contributed by atoms with Gasteiger partial charge in [-0.3, -0.25) is 9.59 Å². The van der Waals surface area contributed by atoms with E-state index in [0.29, 0.717) is 58.7 Å². The van der Waals surface area contributed by atoms with Gasteiger partial charge in [0.25, 0.3) is 17.0 Å². The summed E-state index contributed by atoms with van der Waals surface area (Å²) in [7, 11) is 6.27. The molecule has 2 aromatic heterocycles. The lowest BCUT2D eigenvalue weighted by atomic mass is 9.96. The highest BCUT2D eigenvalue weighted by Crippen LogP contribution is 2.32. The van der Waals surface area contributed by atoms with Crippen molar-refractivity contribution in [2.45, 2.75) is 60.5 Å². The third-order valence-electron chi connectivity index (χ3n) is 8.64. The largest absolute Gasteiger partial charge is 0.358 e. The van der Waals surface area contributed by atoms with Crippen LogP contribution in [-0.4, -0.2) is 102 Å². The van der Waals surface area contributed by atoms with Crippen molar-refractivity contribution < 1.29 is 18.0 Å². The fraction of sp³-hybridized carbons (Fsp3) is 0.442. The van der Waals surface area contributed by atoms with Gasteiger partial charge in [-0.15, -0.1) is 0 Å². The van der Waals surface area contributed by atoms with Crippen molar-refractivity contribution in [3.8, 4) is 12.1 Å². The third kappa shape index (κ3) is 14.3. The highest BCUT2D eigenvalue weighted by atomic mass is 32.2. The molecule has 0 radical (unpaired) electrons. The average Bonchev–Trinajstić information content (AvgIpc) is 3.20. The summed E-state index contributed by atoms with van der Waals surface area (Å²) in [6.45, 7) is 17.5. The number of rotatable bonds is 12. The van der Waals surface area contributed by atoms with Crippen molar-refractivity contribution in [1.29, 1.82) is 10.5 Å². The molecule has 18 nitrogen and oxygen atoms in total. The minimum absolute atomic E-state index is 0.0260. The first-order valence-electron chi connectivity index (χ1n) is 19.6. The first-order valence-corrected chi connectivity index (χ1v) is 21.5. The summed E-state index contributed by atoms with van der Waals surface area (Å²) >= 11 is 0. The molecule has 0 saturated heterocycles. The second kappa shape index (κ2) is 21.8. The molecule has 7 N–H and O–H groups in total. The average molecular weight is 871 g/mol. The number of nitrogens with two attached hydrogens (primary N) is 1. The first kappa shape index (κ1) is 51.6. The number of sulfone groups is 1. The van der Waals surface area contributed by atoms with Gasteiger partial charge in [0.05, 0.1) is 0 Å². The molecule has 0 aliphatic heterocycles. The Balaban J connectivity index is 0.000000411. The van der Waals surface area contributed by atoms with Crippen LogP contribution in [0.2, 0.25) is 0 Å². The van der Waals surface area contributed by atoms with E-state index in [1.165, 1.54) is 14.1 Å². The normalized spacial score (nSPS) is 10.9. The number of hydrogen-bond acceptors (Lipinski definition) is 16. The summed E-state index contributed by atoms with van der Waals surface area (Å²) < 4.78 is 24.5. The second-order valence-corrected chi connectivity index (χ2v) is 18.6. The number of nitriles is 2. The number of nitrogens with zero attached hydrogens (tertiary/aromatic N) is 8. The second-order valence-electron chi connectivity index (χ2n) is 16.7. The molecule has 0 atom stereocenters. The molecule has 0 fully saturated rings. The number of carbonyl (C=O) groups excluding carboxylic acids is 2. The molecule has 4 aromatic rings. The van der Waals surface area contributed by atoms with Crippen LogP contribution in [0.3, 0.4) is 0 Å². The van der Waals surface area contributed by atoms with Gasteiger partial charge in [0, 0.05) is 77.1 Å². The highest BCUT2D eigenvalue weighted by Gasteiger charge is 2.26. The molecular weight excluding hydrogens is 809 g/mol. The Morgan fingerprint density at radius 1 is 0.694 bits per heavy atom. The predicted molar refractivity (Wildman–Crippen MR) is 247 cm³/mol. The van der Waals surface area contributed by atoms with Gasteiger partial charge in [0.1, 0.15) is 23.3 Å². The van der Waals surface area contributed by atoms with Gasteiger partial charge in [-0.1, -0.05) is 53.7 Å². The number of anilines is 7. The lowest BCUT2D eigenvalue weighted by molar-refractivity contribution is 0.0955. The van der Waals surface area contributed by atoms with E-state index in [1.54, 1.807) is 56.4 Å². The summed E-state index contributed by atoms with van der Waals surface area (Å²) in [4.78, 5) is 45.0. The van der Waals surface area contributed by atoms with Crippen LogP contribution in [0.4, 0.5) is 40.6 Å². The van der Waals surface area contributed by atoms with E-state index >= 15 is 0 Å². The van der Waals surface area contributed by atoms with Gasteiger partial charge >= 0.3 is 0 Å². The number of hydrogen-bond donors (Lipinski definition) is 6. The van der Waals surface area contributed by atoms with Gasteiger partial charge in [-0.25, -0.2) is 8.42 Å². The predicted octanol–water partition coefficient (Wildman–Crippen LogP) is 5.50. The topological polar surface area (TPSA) is 260 Å². The van der Waals surface area contributed by atoms with Gasteiger partial charge in [0.2, 0.25) is 15.8 Å². The summed E-state index contributed by atoms with van der Waals surface area (Å²) in [5.41, 5.74) is 8.75. The van der Waals surface area contributed by atoms with Crippen LogP contribution in [0.25, 0.3) is 0 Å². The van der Waals surface area contributed by atoms with E-state index in [9.17, 15) is 28.5 Å². The maximum Gasteiger partial charge on any atom is 0.251 e. The van der Waals surface area contributed by atoms with Crippen LogP contribution in [-0.2, 0) is 9.84 Å². The van der Waals surface area contributed by atoms with Crippen molar-refractivity contribution in [3.63, 3.8) is 0 Å². The monoisotopic (exact) mass is 870 g/mol. The first-order chi connectivity index (χ1) is 28.9. The minimum Gasteiger partial charge on any atom is -0.358 e. The smallest absolute Gasteiger partial charge is 0.251 e. The maximum absolute atomic E-state index is 12.2. The number of amides is 2. The van der Waals surface area contributed by atoms with Crippen LogP contribution in [0.1, 0.15) is 84.5 Å². The summed E-state index contributed by atoms with van der Waals surface area (Å²) in [5, 5.41) is 33.7. The quantitative estimate of drug-likeness (QED) is 0.0960. The fourth-order valence-electron chi connectivity index (χ4n) is 6.01. The number of aromatic nitrogens is 4. The van der Waals surface area contributed by atoms with E-state index in [-0.39, 0.29) is 45.0 Å². The van der Waals surface area contributed by atoms with E-state index in [2.05, 4.69) is 85.2 Å². The molecule has 19 heteroatoms. The van der Waals surface area contributed by atoms with Crippen molar-refractivity contribution in [2.24, 2.45) is 16.6 Å². The van der Waals surface area contributed by atoms with E-state index in [4.69, 9.17) is 0 Å². The van der Waals surface area contributed by atoms with Crippen LogP contribution >= 0.6 is 0 Å². The highest BCUT2D eigenvalue weighted by molar-refractivity contribution is 7.90. The molecular formula is C43H62N14O4S. The molecule has 2 heterocycles. The Bertz CT molecular complexity index is 2430. The molecule has 0 spiro atoms. The summed E-state index contributed by atoms with van der Waals surface area (Å²) in [6.07, 6.45) is 1.02. The standard InChI is InChI=1S/C21H29N7O.C21H28N6O3S.CH5N/c1-13-8-9-14(19(29)23-5)10-16(13)25-17-15(11-22)18(27-20(24-6)26-17)28(7)12-21(2,3)4;1-13-8-9-14(19(28)23-5)10-16(13)24-17-15(11-22)18(27(6)12-21(2,3)4)26-20(25-17)31(7,29)30;1-2/h8-10H,12H2,1-7H3,(H,23,29)(H2,24,25,26,27);8-10H,12H2,1-7H3,(H,23,28)(H,24,25,26);2H2,1H3. The number of benzene rings is 2. The number of nitrogens with one attached hydrogen (secondary N) is 5.